The summed E-state index contributed by atoms with van der Waals surface area (Å²) in [5, 5.41) is 1.88. The second-order valence-corrected chi connectivity index (χ2v) is 5.57. The lowest BCUT2D eigenvalue weighted by molar-refractivity contribution is 0.301. The highest BCUT2D eigenvalue weighted by atomic mass is 32.1. The maximum atomic E-state index is 12.2. The lowest BCUT2D eigenvalue weighted by Gasteiger charge is -2.08. The van der Waals surface area contributed by atoms with Crippen LogP contribution >= 0.6 is 11.3 Å². The average molecular weight is 301 g/mol. The SMILES string of the molecule is Nc1cccc(OCCCn2cnc3ccsc3c2=O)c1. The Labute approximate surface area is 125 Å². The number of hydrogen-bond donors (Lipinski definition) is 1. The molecular formula is C15H15N3O2S. The fraction of sp³-hybridized carbons (Fsp3) is 0.200. The predicted octanol–water partition coefficient (Wildman–Crippen LogP) is 2.51. The molecule has 5 nitrogen and oxygen atoms in total. The number of nitrogen functional groups attached to an aromatic ring is 1. The molecule has 2 aromatic heterocycles. The minimum absolute atomic E-state index is 0.0129. The van der Waals surface area contributed by atoms with Gasteiger partial charge in [-0.2, -0.15) is 0 Å². The molecule has 0 unspecified atom stereocenters. The summed E-state index contributed by atoms with van der Waals surface area (Å²) in [7, 11) is 0. The standard InChI is InChI=1S/C15H15N3O2S/c16-11-3-1-4-12(9-11)20-7-2-6-18-10-17-13-5-8-21-14(13)15(18)19/h1,3-5,8-10H,2,6-7,16H2. The average Bonchev–Trinajstić information content (AvgIpc) is 2.95. The first-order valence-electron chi connectivity index (χ1n) is 6.65. The van der Waals surface area contributed by atoms with Crippen LogP contribution in [0.15, 0.2) is 46.8 Å². The van der Waals surface area contributed by atoms with Gasteiger partial charge in [0.1, 0.15) is 10.4 Å². The normalized spacial score (nSPS) is 10.9. The van der Waals surface area contributed by atoms with Gasteiger partial charge in [-0.15, -0.1) is 11.3 Å². The number of ether oxygens (including phenoxy) is 1. The molecule has 108 valence electrons. The van der Waals surface area contributed by atoms with Gasteiger partial charge in [-0.05, 0) is 30.0 Å². The Morgan fingerprint density at radius 1 is 1.33 bits per heavy atom. The van der Waals surface area contributed by atoms with Crippen LogP contribution in [0.5, 0.6) is 5.75 Å². The molecule has 0 amide bonds. The van der Waals surface area contributed by atoms with Crippen LogP contribution in [0.2, 0.25) is 0 Å². The Bertz CT molecular complexity index is 810. The van der Waals surface area contributed by atoms with Gasteiger partial charge in [-0.1, -0.05) is 6.07 Å². The van der Waals surface area contributed by atoms with Crippen LogP contribution in [-0.4, -0.2) is 16.2 Å². The van der Waals surface area contributed by atoms with Crippen molar-refractivity contribution >= 4 is 27.2 Å². The summed E-state index contributed by atoms with van der Waals surface area (Å²) >= 11 is 1.42. The molecule has 0 saturated carbocycles. The van der Waals surface area contributed by atoms with Crippen molar-refractivity contribution < 1.29 is 4.74 Å². The molecule has 0 radical (unpaired) electrons. The summed E-state index contributed by atoms with van der Waals surface area (Å²) < 4.78 is 7.94. The predicted molar refractivity (Wildman–Crippen MR) is 84.8 cm³/mol. The van der Waals surface area contributed by atoms with Crippen LogP contribution in [0.3, 0.4) is 0 Å². The minimum Gasteiger partial charge on any atom is -0.493 e. The summed E-state index contributed by atoms with van der Waals surface area (Å²) in [5.41, 5.74) is 7.14. The zero-order chi connectivity index (χ0) is 14.7. The molecule has 2 N–H and O–H groups in total. The number of rotatable bonds is 5. The first-order valence-corrected chi connectivity index (χ1v) is 7.53. The minimum atomic E-state index is 0.0129. The van der Waals surface area contributed by atoms with Crippen LogP contribution in [0.25, 0.3) is 10.2 Å². The van der Waals surface area contributed by atoms with Gasteiger partial charge in [0.15, 0.2) is 0 Å². The molecule has 3 aromatic rings. The Morgan fingerprint density at radius 2 is 2.24 bits per heavy atom. The molecule has 0 fully saturated rings. The smallest absolute Gasteiger partial charge is 0.271 e. The molecule has 3 rings (SSSR count). The molecule has 6 heteroatoms. The molecule has 0 saturated heterocycles. The van der Waals surface area contributed by atoms with Crippen LogP contribution < -0.4 is 16.0 Å². The van der Waals surface area contributed by atoms with Crippen molar-refractivity contribution in [3.05, 3.63) is 52.4 Å². The molecule has 2 heterocycles. The maximum Gasteiger partial charge on any atom is 0.271 e. The lowest BCUT2D eigenvalue weighted by Crippen LogP contribution is -2.20. The third-order valence-corrected chi connectivity index (χ3v) is 4.00. The fourth-order valence-corrected chi connectivity index (χ4v) is 2.86. The number of nitrogens with two attached hydrogens (primary N) is 1. The number of benzene rings is 1. The molecule has 0 aliphatic carbocycles. The third kappa shape index (κ3) is 3.05. The van der Waals surface area contributed by atoms with Crippen LogP contribution in [0.4, 0.5) is 5.69 Å². The molecule has 0 atom stereocenters. The largest absolute Gasteiger partial charge is 0.493 e. The first-order chi connectivity index (χ1) is 10.2. The van der Waals surface area contributed by atoms with Crippen molar-refractivity contribution in [1.29, 1.82) is 0 Å². The van der Waals surface area contributed by atoms with E-state index in [0.717, 1.165) is 17.7 Å². The highest BCUT2D eigenvalue weighted by Gasteiger charge is 2.04. The van der Waals surface area contributed by atoms with Gasteiger partial charge in [-0.3, -0.25) is 9.36 Å². The van der Waals surface area contributed by atoms with Gasteiger partial charge in [-0.25, -0.2) is 4.98 Å². The summed E-state index contributed by atoms with van der Waals surface area (Å²) in [4.78, 5) is 16.4. The van der Waals surface area contributed by atoms with Crippen molar-refractivity contribution in [1.82, 2.24) is 9.55 Å². The van der Waals surface area contributed by atoms with E-state index in [1.807, 2.05) is 29.6 Å². The second kappa shape index (κ2) is 5.97. The molecule has 0 aliphatic rings. The molecule has 0 spiro atoms. The first kappa shape index (κ1) is 13.6. The van der Waals surface area contributed by atoms with E-state index in [1.165, 1.54) is 11.3 Å². The highest BCUT2D eigenvalue weighted by molar-refractivity contribution is 7.17. The van der Waals surface area contributed by atoms with E-state index in [0.29, 0.717) is 23.5 Å². The van der Waals surface area contributed by atoms with Gasteiger partial charge in [0.05, 0.1) is 18.5 Å². The molecular weight excluding hydrogens is 286 g/mol. The molecule has 0 bridgehead atoms. The lowest BCUT2D eigenvalue weighted by atomic mass is 10.3. The Kier molecular flexibility index (Phi) is 3.87. The number of thiophene rings is 1. The number of aromatic nitrogens is 2. The quantitative estimate of drug-likeness (QED) is 0.580. The van der Waals surface area contributed by atoms with Crippen molar-refractivity contribution in [2.24, 2.45) is 0 Å². The highest BCUT2D eigenvalue weighted by Crippen LogP contribution is 2.15. The van der Waals surface area contributed by atoms with E-state index >= 15 is 0 Å². The zero-order valence-electron chi connectivity index (χ0n) is 11.4. The molecule has 1 aromatic carbocycles. The van der Waals surface area contributed by atoms with Gasteiger partial charge < -0.3 is 10.5 Å². The summed E-state index contributed by atoms with van der Waals surface area (Å²) in [5.74, 6) is 0.745. The van der Waals surface area contributed by atoms with Crippen LogP contribution in [0.1, 0.15) is 6.42 Å². The van der Waals surface area contributed by atoms with E-state index in [2.05, 4.69) is 4.98 Å². The van der Waals surface area contributed by atoms with Gasteiger partial charge >= 0.3 is 0 Å². The molecule has 21 heavy (non-hydrogen) atoms. The summed E-state index contributed by atoms with van der Waals surface area (Å²) in [6.45, 7) is 1.11. The Balaban J connectivity index is 1.59. The second-order valence-electron chi connectivity index (χ2n) is 4.65. The van der Waals surface area contributed by atoms with Gasteiger partial charge in [0.2, 0.25) is 0 Å². The van der Waals surface area contributed by atoms with E-state index in [9.17, 15) is 4.79 Å². The number of fused-ring (bicyclic) bond motifs is 1. The summed E-state index contributed by atoms with van der Waals surface area (Å²) in [6, 6.07) is 9.17. The third-order valence-electron chi connectivity index (χ3n) is 3.11. The van der Waals surface area contributed by atoms with Crippen molar-refractivity contribution in [2.75, 3.05) is 12.3 Å². The van der Waals surface area contributed by atoms with Crippen molar-refractivity contribution in [3.8, 4) is 5.75 Å². The van der Waals surface area contributed by atoms with Crippen LogP contribution in [-0.2, 0) is 6.54 Å². The monoisotopic (exact) mass is 301 g/mol. The fourth-order valence-electron chi connectivity index (χ4n) is 2.07. The van der Waals surface area contributed by atoms with E-state index in [-0.39, 0.29) is 5.56 Å². The van der Waals surface area contributed by atoms with E-state index < -0.39 is 0 Å². The topological polar surface area (TPSA) is 70.1 Å². The van der Waals surface area contributed by atoms with Gasteiger partial charge in [0, 0.05) is 18.3 Å². The number of anilines is 1. The van der Waals surface area contributed by atoms with Crippen molar-refractivity contribution in [2.45, 2.75) is 13.0 Å². The Morgan fingerprint density at radius 3 is 3.10 bits per heavy atom. The number of hydrogen-bond acceptors (Lipinski definition) is 5. The van der Waals surface area contributed by atoms with E-state index in [1.54, 1.807) is 17.0 Å². The van der Waals surface area contributed by atoms with Crippen LogP contribution in [0, 0.1) is 0 Å². The van der Waals surface area contributed by atoms with Crippen molar-refractivity contribution in [3.63, 3.8) is 0 Å². The molecule has 0 aliphatic heterocycles. The van der Waals surface area contributed by atoms with Gasteiger partial charge in [0.25, 0.3) is 5.56 Å². The zero-order valence-corrected chi connectivity index (χ0v) is 12.2. The number of nitrogens with zero attached hydrogens (tertiary/aromatic N) is 2. The Hall–Kier alpha value is -2.34. The van der Waals surface area contributed by atoms with E-state index in [4.69, 9.17) is 10.5 Å². The number of aryl methyl sites for hydroxylation is 1. The maximum absolute atomic E-state index is 12.2. The summed E-state index contributed by atoms with van der Waals surface area (Å²) in [6.07, 6.45) is 2.32.